The molecule has 0 atom stereocenters. The summed E-state index contributed by atoms with van der Waals surface area (Å²) >= 11 is 7.65. The number of benzene rings is 3. The van der Waals surface area contributed by atoms with Gasteiger partial charge in [0, 0.05) is 10.6 Å². The van der Waals surface area contributed by atoms with Crippen molar-refractivity contribution in [3.05, 3.63) is 82.3 Å². The predicted octanol–water partition coefficient (Wildman–Crippen LogP) is 7.52. The van der Waals surface area contributed by atoms with Crippen LogP contribution < -0.4 is 14.2 Å². The second-order valence-electron chi connectivity index (χ2n) is 7.42. The van der Waals surface area contributed by atoms with E-state index in [1.54, 1.807) is 30.6 Å². The molecule has 0 spiro atoms. The van der Waals surface area contributed by atoms with Gasteiger partial charge in [0.15, 0.2) is 6.61 Å². The van der Waals surface area contributed by atoms with Gasteiger partial charge in [0.05, 0.1) is 17.7 Å². The van der Waals surface area contributed by atoms with E-state index in [4.69, 9.17) is 35.9 Å². The molecule has 1 heterocycles. The monoisotopic (exact) mass is 525 g/mol. The highest BCUT2D eigenvalue weighted by molar-refractivity contribution is 7.15. The molecule has 0 bridgehead atoms. The normalized spacial score (nSPS) is 10.2. The molecule has 4 rings (SSSR count). The van der Waals surface area contributed by atoms with Crippen LogP contribution >= 0.6 is 22.9 Å². The highest BCUT2D eigenvalue weighted by Gasteiger charge is 2.16. The van der Waals surface area contributed by atoms with Crippen molar-refractivity contribution >= 4 is 28.9 Å². The second-order valence-corrected chi connectivity index (χ2v) is 8.94. The lowest BCUT2D eigenvalue weighted by Crippen LogP contribution is -2.10. The van der Waals surface area contributed by atoms with Gasteiger partial charge in [-0.1, -0.05) is 37.6 Å². The molecule has 3 aromatic carbocycles. The van der Waals surface area contributed by atoms with Gasteiger partial charge < -0.3 is 19.3 Å². The average Bonchev–Trinajstić information content (AvgIpc) is 3.33. The summed E-state index contributed by atoms with van der Waals surface area (Å²) in [7, 11) is 1.64. The molecule has 0 aliphatic carbocycles. The van der Waals surface area contributed by atoms with Crippen molar-refractivity contribution in [2.45, 2.75) is 27.4 Å². The minimum Gasteiger partial charge on any atom is -0.497 e. The molecule has 0 fully saturated rings. The van der Waals surface area contributed by atoms with Crippen LogP contribution in [0.3, 0.4) is 0 Å². The lowest BCUT2D eigenvalue weighted by atomic mass is 10.1. The number of carboxylic acid groups (broad SMARTS) is 1. The van der Waals surface area contributed by atoms with Gasteiger partial charge in [-0.25, -0.2) is 9.78 Å². The largest absolute Gasteiger partial charge is 0.497 e. The third kappa shape index (κ3) is 6.99. The standard InChI is InChI=1S/C26H22ClNO5S.C2H6/c1-16-13-21(11-12-22(16)33-15-24(29)30)32-14-23-28-25(17-5-9-20(31-2)10-6-17)26(34-23)18-3-7-19(27)8-4-18;1-2/h3-13H,14-15H2,1-2H3,(H,29,30);1-2H3. The zero-order valence-electron chi connectivity index (χ0n) is 20.6. The van der Waals surface area contributed by atoms with Crippen LogP contribution in [0.15, 0.2) is 66.7 Å². The Morgan fingerprint density at radius 3 is 2.19 bits per heavy atom. The van der Waals surface area contributed by atoms with Crippen LogP contribution in [0.4, 0.5) is 0 Å². The van der Waals surface area contributed by atoms with E-state index in [0.29, 0.717) is 16.5 Å². The van der Waals surface area contributed by atoms with Crippen LogP contribution in [0.25, 0.3) is 21.7 Å². The van der Waals surface area contributed by atoms with Crippen molar-refractivity contribution < 1.29 is 24.1 Å². The predicted molar refractivity (Wildman–Crippen MR) is 145 cm³/mol. The Labute approximate surface area is 220 Å². The Balaban J connectivity index is 0.00000176. The first-order chi connectivity index (χ1) is 17.4. The van der Waals surface area contributed by atoms with E-state index in [2.05, 4.69) is 0 Å². The van der Waals surface area contributed by atoms with Gasteiger partial charge in [0.25, 0.3) is 0 Å². The number of carbonyl (C=O) groups is 1. The highest BCUT2D eigenvalue weighted by atomic mass is 35.5. The molecule has 188 valence electrons. The first-order valence-corrected chi connectivity index (χ1v) is 12.6. The zero-order chi connectivity index (χ0) is 26.1. The summed E-state index contributed by atoms with van der Waals surface area (Å²) in [5.41, 5.74) is 3.65. The van der Waals surface area contributed by atoms with Crippen molar-refractivity contribution in [1.82, 2.24) is 4.98 Å². The maximum Gasteiger partial charge on any atom is 0.341 e. The number of hydrogen-bond donors (Lipinski definition) is 1. The lowest BCUT2D eigenvalue weighted by molar-refractivity contribution is -0.139. The van der Waals surface area contributed by atoms with Gasteiger partial charge in [0.1, 0.15) is 28.9 Å². The number of methoxy groups -OCH3 is 1. The SMILES string of the molecule is CC.COc1ccc(-c2nc(COc3ccc(OCC(=O)O)c(C)c3)sc2-c2ccc(Cl)cc2)cc1. The topological polar surface area (TPSA) is 77.9 Å². The van der Waals surface area contributed by atoms with Gasteiger partial charge in [-0.3, -0.25) is 0 Å². The van der Waals surface area contributed by atoms with Crippen molar-refractivity contribution in [3.63, 3.8) is 0 Å². The number of hydrogen-bond acceptors (Lipinski definition) is 6. The van der Waals surface area contributed by atoms with E-state index in [1.807, 2.05) is 75.4 Å². The summed E-state index contributed by atoms with van der Waals surface area (Å²) in [5.74, 6) is 0.916. The van der Waals surface area contributed by atoms with Crippen molar-refractivity contribution in [2.24, 2.45) is 0 Å². The number of ether oxygens (including phenoxy) is 3. The van der Waals surface area contributed by atoms with Gasteiger partial charge in [-0.15, -0.1) is 11.3 Å². The summed E-state index contributed by atoms with van der Waals surface area (Å²) in [6, 6.07) is 20.7. The number of nitrogens with zero attached hydrogens (tertiary/aromatic N) is 1. The summed E-state index contributed by atoms with van der Waals surface area (Å²) < 4.78 is 16.5. The molecule has 6 nitrogen and oxygen atoms in total. The summed E-state index contributed by atoms with van der Waals surface area (Å²) in [5, 5.41) is 10.3. The van der Waals surface area contributed by atoms with E-state index in [1.165, 1.54) is 0 Å². The third-order valence-corrected chi connectivity index (χ3v) is 6.33. The molecule has 1 N–H and O–H groups in total. The fraction of sp³-hybridized carbons (Fsp3) is 0.214. The maximum atomic E-state index is 10.7. The Kier molecular flexibility index (Phi) is 9.73. The quantitative estimate of drug-likeness (QED) is 0.243. The van der Waals surface area contributed by atoms with E-state index < -0.39 is 5.97 Å². The van der Waals surface area contributed by atoms with Gasteiger partial charge in [-0.2, -0.15) is 0 Å². The van der Waals surface area contributed by atoms with Gasteiger partial charge in [-0.05, 0) is 72.6 Å². The maximum absolute atomic E-state index is 10.7. The van der Waals surface area contributed by atoms with Crippen LogP contribution in [-0.2, 0) is 11.4 Å². The fourth-order valence-electron chi connectivity index (χ4n) is 3.33. The molecule has 8 heteroatoms. The number of aryl methyl sites for hydroxylation is 1. The number of aliphatic carboxylic acids is 1. The van der Waals surface area contributed by atoms with Crippen molar-refractivity contribution in [3.8, 4) is 38.9 Å². The number of thiazole rings is 1. The molecule has 0 amide bonds. The van der Waals surface area contributed by atoms with Crippen LogP contribution in [0.5, 0.6) is 17.2 Å². The Morgan fingerprint density at radius 2 is 1.58 bits per heavy atom. The number of aromatic nitrogens is 1. The smallest absolute Gasteiger partial charge is 0.341 e. The number of carboxylic acids is 1. The first kappa shape index (κ1) is 27.0. The van der Waals surface area contributed by atoms with Crippen molar-refractivity contribution in [1.29, 1.82) is 0 Å². The number of halogens is 1. The molecule has 36 heavy (non-hydrogen) atoms. The fourth-order valence-corrected chi connectivity index (χ4v) is 4.46. The van der Waals surface area contributed by atoms with E-state index in [9.17, 15) is 4.79 Å². The summed E-state index contributed by atoms with van der Waals surface area (Å²) in [6.45, 7) is 5.74. The molecule has 0 aliphatic rings. The minimum absolute atomic E-state index is 0.288. The van der Waals surface area contributed by atoms with Crippen LogP contribution in [0, 0.1) is 6.92 Å². The molecular formula is C28H28ClNO5S. The molecule has 0 saturated heterocycles. The summed E-state index contributed by atoms with van der Waals surface area (Å²) in [6.07, 6.45) is 0. The third-order valence-electron chi connectivity index (χ3n) is 5.00. The Morgan fingerprint density at radius 1 is 0.944 bits per heavy atom. The van der Waals surface area contributed by atoms with E-state index in [0.717, 1.165) is 38.0 Å². The zero-order valence-corrected chi connectivity index (χ0v) is 22.2. The molecule has 0 saturated carbocycles. The van der Waals surface area contributed by atoms with Gasteiger partial charge >= 0.3 is 5.97 Å². The van der Waals surface area contributed by atoms with Crippen molar-refractivity contribution in [2.75, 3.05) is 13.7 Å². The molecular weight excluding hydrogens is 498 g/mol. The average molecular weight is 526 g/mol. The molecule has 0 unspecified atom stereocenters. The van der Waals surface area contributed by atoms with Crippen LogP contribution in [0.2, 0.25) is 5.02 Å². The molecule has 0 radical (unpaired) electrons. The minimum atomic E-state index is -1.02. The van der Waals surface area contributed by atoms with Crippen LogP contribution in [-0.4, -0.2) is 29.8 Å². The lowest BCUT2D eigenvalue weighted by Gasteiger charge is -2.09. The van der Waals surface area contributed by atoms with E-state index >= 15 is 0 Å². The molecule has 1 aromatic heterocycles. The Hall–Kier alpha value is -3.55. The molecule has 0 aliphatic heterocycles. The van der Waals surface area contributed by atoms with Crippen LogP contribution in [0.1, 0.15) is 24.4 Å². The second kappa shape index (κ2) is 13.0. The Bertz CT molecular complexity index is 1290. The molecule has 4 aromatic rings. The summed E-state index contributed by atoms with van der Waals surface area (Å²) in [4.78, 5) is 16.6. The first-order valence-electron chi connectivity index (χ1n) is 11.4. The highest BCUT2D eigenvalue weighted by Crippen LogP contribution is 2.38. The van der Waals surface area contributed by atoms with Gasteiger partial charge in [0.2, 0.25) is 0 Å². The number of rotatable bonds is 9. The van der Waals surface area contributed by atoms with E-state index in [-0.39, 0.29) is 13.2 Å².